The van der Waals surface area contributed by atoms with Gasteiger partial charge in [0.15, 0.2) is 0 Å². The molecule has 3 rings (SSSR count). The zero-order valence-electron chi connectivity index (χ0n) is 10.2. The van der Waals surface area contributed by atoms with Crippen LogP contribution in [0.4, 0.5) is 5.69 Å². The fourth-order valence-corrected chi connectivity index (χ4v) is 3.47. The van der Waals surface area contributed by atoms with Crippen LogP contribution in [0.5, 0.6) is 0 Å². The maximum Gasteiger partial charge on any atom is 0.265 e. The minimum atomic E-state index is -3.78. The van der Waals surface area contributed by atoms with E-state index < -0.39 is 10.0 Å². The predicted molar refractivity (Wildman–Crippen MR) is 78.4 cm³/mol. The smallest absolute Gasteiger partial charge is 0.265 e. The van der Waals surface area contributed by atoms with E-state index in [-0.39, 0.29) is 10.0 Å². The summed E-state index contributed by atoms with van der Waals surface area (Å²) in [7, 11) is -3.78. The molecule has 5 nitrogen and oxygen atoms in total. The fraction of sp³-hybridized carbons (Fsp3) is 0. The Balaban J connectivity index is 2.06. The quantitative estimate of drug-likeness (QED) is 0.730. The zero-order valence-corrected chi connectivity index (χ0v) is 11.7. The second-order valence-electron chi connectivity index (χ2n) is 4.15. The van der Waals surface area contributed by atoms with E-state index in [0.29, 0.717) is 5.69 Å². The average molecular weight is 308 g/mol. The number of hydrogen-bond acceptors (Lipinski definition) is 3. The summed E-state index contributed by atoms with van der Waals surface area (Å²) in [6, 6.07) is 10.1. The molecular weight excluding hydrogens is 298 g/mol. The Bertz CT molecular complexity index is 874. The predicted octanol–water partition coefficient (Wildman–Crippen LogP) is 3.02. The number of aromatic amines is 1. The van der Waals surface area contributed by atoms with Crippen molar-refractivity contribution in [3.8, 4) is 0 Å². The Kier molecular flexibility index (Phi) is 3.11. The van der Waals surface area contributed by atoms with Crippen molar-refractivity contribution in [1.82, 2.24) is 9.97 Å². The highest BCUT2D eigenvalue weighted by atomic mass is 35.5. The van der Waals surface area contributed by atoms with Gasteiger partial charge in [-0.1, -0.05) is 23.7 Å². The molecule has 0 saturated heterocycles. The summed E-state index contributed by atoms with van der Waals surface area (Å²) in [6.07, 6.45) is 3.19. The first-order valence-electron chi connectivity index (χ1n) is 5.77. The molecule has 0 fully saturated rings. The number of benzene rings is 1. The van der Waals surface area contributed by atoms with Crippen LogP contribution in [0.15, 0.2) is 53.7 Å². The van der Waals surface area contributed by atoms with Gasteiger partial charge in [-0.05, 0) is 24.3 Å². The van der Waals surface area contributed by atoms with Crippen molar-refractivity contribution < 1.29 is 8.42 Å². The summed E-state index contributed by atoms with van der Waals surface area (Å²) in [6.45, 7) is 0. The Hall–Kier alpha value is -2.05. The maximum atomic E-state index is 12.3. The van der Waals surface area contributed by atoms with E-state index in [1.54, 1.807) is 18.3 Å². The molecule has 0 bridgehead atoms. The van der Waals surface area contributed by atoms with E-state index in [2.05, 4.69) is 14.7 Å². The molecule has 0 unspecified atom stereocenters. The molecule has 0 aliphatic carbocycles. The standard InChI is InChI=1S/C13H10ClN3O2S/c14-13-11(5-2-7-16-13)20(18,19)17-10-4-1-3-9-6-8-15-12(9)10/h1-8,15,17H. The summed E-state index contributed by atoms with van der Waals surface area (Å²) in [4.78, 5) is 6.73. The lowest BCUT2D eigenvalue weighted by molar-refractivity contribution is 0.601. The minimum Gasteiger partial charge on any atom is -0.359 e. The van der Waals surface area contributed by atoms with Crippen LogP contribution in [0, 0.1) is 0 Å². The van der Waals surface area contributed by atoms with E-state index >= 15 is 0 Å². The molecule has 7 heteroatoms. The first-order valence-corrected chi connectivity index (χ1v) is 7.63. The van der Waals surface area contributed by atoms with Crippen molar-refractivity contribution in [2.24, 2.45) is 0 Å². The monoisotopic (exact) mass is 307 g/mol. The van der Waals surface area contributed by atoms with Gasteiger partial charge in [-0.15, -0.1) is 0 Å². The normalized spacial score (nSPS) is 11.7. The van der Waals surface area contributed by atoms with Gasteiger partial charge in [-0.25, -0.2) is 13.4 Å². The van der Waals surface area contributed by atoms with Gasteiger partial charge < -0.3 is 4.98 Å². The Morgan fingerprint density at radius 3 is 2.80 bits per heavy atom. The lowest BCUT2D eigenvalue weighted by atomic mass is 10.2. The first-order chi connectivity index (χ1) is 9.58. The number of pyridine rings is 1. The lowest BCUT2D eigenvalue weighted by Gasteiger charge is -2.09. The molecule has 2 heterocycles. The fourth-order valence-electron chi connectivity index (χ4n) is 1.94. The lowest BCUT2D eigenvalue weighted by Crippen LogP contribution is -2.14. The third kappa shape index (κ3) is 2.23. The molecule has 1 aromatic carbocycles. The van der Waals surface area contributed by atoms with Crippen molar-refractivity contribution in [2.45, 2.75) is 4.90 Å². The third-order valence-corrected chi connectivity index (χ3v) is 4.66. The molecule has 0 atom stereocenters. The SMILES string of the molecule is O=S(=O)(Nc1cccc2cc[nH]c12)c1cccnc1Cl. The highest BCUT2D eigenvalue weighted by molar-refractivity contribution is 7.92. The zero-order chi connectivity index (χ0) is 14.2. The number of para-hydroxylation sites is 1. The van der Waals surface area contributed by atoms with E-state index in [1.807, 2.05) is 12.1 Å². The van der Waals surface area contributed by atoms with Crippen LogP contribution in [0.3, 0.4) is 0 Å². The molecule has 0 radical (unpaired) electrons. The van der Waals surface area contributed by atoms with Gasteiger partial charge in [0, 0.05) is 17.8 Å². The number of nitrogens with zero attached hydrogens (tertiary/aromatic N) is 1. The van der Waals surface area contributed by atoms with Crippen molar-refractivity contribution in [2.75, 3.05) is 4.72 Å². The van der Waals surface area contributed by atoms with E-state index in [1.165, 1.54) is 18.3 Å². The van der Waals surface area contributed by atoms with Crippen LogP contribution in [0.1, 0.15) is 0 Å². The van der Waals surface area contributed by atoms with Crippen LogP contribution >= 0.6 is 11.6 Å². The molecule has 0 saturated carbocycles. The van der Waals surface area contributed by atoms with Crippen molar-refractivity contribution in [3.63, 3.8) is 0 Å². The number of fused-ring (bicyclic) bond motifs is 1. The molecule has 3 aromatic rings. The highest BCUT2D eigenvalue weighted by Crippen LogP contribution is 2.26. The topological polar surface area (TPSA) is 74.8 Å². The Morgan fingerprint density at radius 2 is 2.00 bits per heavy atom. The molecule has 20 heavy (non-hydrogen) atoms. The van der Waals surface area contributed by atoms with Crippen LogP contribution in [0.2, 0.25) is 5.15 Å². The summed E-state index contributed by atoms with van der Waals surface area (Å²) >= 11 is 5.83. The van der Waals surface area contributed by atoms with Gasteiger partial charge in [0.1, 0.15) is 10.0 Å². The molecule has 0 aliphatic heterocycles. The maximum absolute atomic E-state index is 12.3. The minimum absolute atomic E-state index is 0.0507. The Morgan fingerprint density at radius 1 is 1.15 bits per heavy atom. The second-order valence-corrected chi connectivity index (χ2v) is 6.15. The summed E-state index contributed by atoms with van der Waals surface area (Å²) in [5.74, 6) is 0. The van der Waals surface area contributed by atoms with Gasteiger partial charge in [0.2, 0.25) is 0 Å². The molecule has 102 valence electrons. The van der Waals surface area contributed by atoms with Crippen molar-refractivity contribution in [1.29, 1.82) is 0 Å². The number of aromatic nitrogens is 2. The molecule has 2 aromatic heterocycles. The molecule has 0 spiro atoms. The van der Waals surface area contributed by atoms with E-state index in [4.69, 9.17) is 11.6 Å². The van der Waals surface area contributed by atoms with Gasteiger partial charge in [-0.2, -0.15) is 0 Å². The third-order valence-electron chi connectivity index (χ3n) is 2.85. The van der Waals surface area contributed by atoms with Gasteiger partial charge in [-0.3, -0.25) is 4.72 Å². The molecule has 2 N–H and O–H groups in total. The van der Waals surface area contributed by atoms with Crippen molar-refractivity contribution >= 4 is 38.2 Å². The molecular formula is C13H10ClN3O2S. The van der Waals surface area contributed by atoms with Crippen LogP contribution in [0.25, 0.3) is 10.9 Å². The molecule has 0 amide bonds. The summed E-state index contributed by atoms with van der Waals surface area (Å²) in [5.41, 5.74) is 1.18. The van der Waals surface area contributed by atoms with Crippen LogP contribution in [-0.4, -0.2) is 18.4 Å². The molecule has 0 aliphatic rings. The second kappa shape index (κ2) is 4.81. The van der Waals surface area contributed by atoms with E-state index in [0.717, 1.165) is 10.9 Å². The summed E-state index contributed by atoms with van der Waals surface area (Å²) in [5, 5.41) is 0.862. The number of sulfonamides is 1. The Labute approximate surface area is 120 Å². The number of rotatable bonds is 3. The number of anilines is 1. The van der Waals surface area contributed by atoms with Crippen LogP contribution in [-0.2, 0) is 10.0 Å². The highest BCUT2D eigenvalue weighted by Gasteiger charge is 2.19. The number of hydrogen-bond donors (Lipinski definition) is 2. The van der Waals surface area contributed by atoms with Crippen molar-refractivity contribution in [3.05, 3.63) is 53.9 Å². The van der Waals surface area contributed by atoms with Gasteiger partial charge in [0.25, 0.3) is 10.0 Å². The van der Waals surface area contributed by atoms with E-state index in [9.17, 15) is 8.42 Å². The van der Waals surface area contributed by atoms with Gasteiger partial charge >= 0.3 is 0 Å². The number of halogens is 1. The largest absolute Gasteiger partial charge is 0.359 e. The summed E-state index contributed by atoms with van der Waals surface area (Å²) < 4.78 is 27.2. The first kappa shape index (κ1) is 13.0. The van der Waals surface area contributed by atoms with Crippen LogP contribution < -0.4 is 4.72 Å². The number of nitrogens with one attached hydrogen (secondary N) is 2. The number of H-pyrrole nitrogens is 1. The average Bonchev–Trinajstić information content (AvgIpc) is 2.88. The van der Waals surface area contributed by atoms with Gasteiger partial charge in [0.05, 0.1) is 11.2 Å².